The van der Waals surface area contributed by atoms with E-state index in [1.165, 1.54) is 11.1 Å². The maximum Gasteiger partial charge on any atom is 0.255 e. The maximum atomic E-state index is 12.3. The number of methoxy groups -OCH3 is 1. The van der Waals surface area contributed by atoms with Crippen LogP contribution in [0.5, 0.6) is 5.75 Å². The number of rotatable bonds is 5. The second kappa shape index (κ2) is 9.13. The number of benzene rings is 2. The number of amides is 1. The van der Waals surface area contributed by atoms with Crippen molar-refractivity contribution in [3.63, 3.8) is 0 Å². The van der Waals surface area contributed by atoms with Gasteiger partial charge in [0.15, 0.2) is 5.65 Å². The van der Waals surface area contributed by atoms with Crippen LogP contribution in [0.15, 0.2) is 48.7 Å². The molecule has 6 rings (SSSR count). The number of ether oxygens (including phenoxy) is 2. The van der Waals surface area contributed by atoms with Crippen LogP contribution in [0.25, 0.3) is 33.4 Å². The lowest BCUT2D eigenvalue weighted by Gasteiger charge is -2.28. The molecule has 1 amide bonds. The number of nitrogens with zero attached hydrogens (tertiary/aromatic N) is 3. The van der Waals surface area contributed by atoms with Gasteiger partial charge in [0.25, 0.3) is 5.91 Å². The van der Waals surface area contributed by atoms with Gasteiger partial charge < -0.3 is 14.8 Å². The predicted octanol–water partition coefficient (Wildman–Crippen LogP) is 3.42. The van der Waals surface area contributed by atoms with Gasteiger partial charge in [0.05, 0.1) is 18.7 Å². The largest absolute Gasteiger partial charge is 0.491 e. The Balaban J connectivity index is 1.33. The number of aromatic nitrogens is 3. The number of fused-ring (bicyclic) bond motifs is 3. The molecular weight excluding hydrogens is 442 g/mol. The van der Waals surface area contributed by atoms with Crippen LogP contribution in [-0.4, -0.2) is 65.9 Å². The zero-order valence-corrected chi connectivity index (χ0v) is 19.6. The molecule has 8 nitrogen and oxygen atoms in total. The van der Waals surface area contributed by atoms with Crippen LogP contribution in [0.2, 0.25) is 0 Å². The summed E-state index contributed by atoms with van der Waals surface area (Å²) in [6, 6.07) is 14.4. The van der Waals surface area contributed by atoms with Crippen molar-refractivity contribution >= 4 is 16.9 Å². The molecule has 0 saturated carbocycles. The van der Waals surface area contributed by atoms with Gasteiger partial charge in [0, 0.05) is 49.5 Å². The zero-order chi connectivity index (χ0) is 23.8. The van der Waals surface area contributed by atoms with Crippen LogP contribution in [0, 0.1) is 0 Å². The first kappa shape index (κ1) is 21.8. The maximum absolute atomic E-state index is 12.3. The molecule has 2 aliphatic heterocycles. The normalized spacial score (nSPS) is 15.7. The molecule has 2 aliphatic rings. The molecule has 0 radical (unpaired) electrons. The smallest absolute Gasteiger partial charge is 0.255 e. The number of H-pyrrole nitrogens is 1. The van der Waals surface area contributed by atoms with Crippen molar-refractivity contribution in [2.45, 2.75) is 13.0 Å². The highest BCUT2D eigenvalue weighted by Gasteiger charge is 2.20. The molecule has 2 N–H and O–H groups in total. The average molecular weight is 470 g/mol. The van der Waals surface area contributed by atoms with E-state index in [-0.39, 0.29) is 5.91 Å². The Hall–Kier alpha value is -3.75. The van der Waals surface area contributed by atoms with Crippen molar-refractivity contribution in [2.75, 3.05) is 40.0 Å². The molecule has 0 bridgehead atoms. The number of nitrogens with one attached hydrogen (secondary N) is 2. The molecule has 0 unspecified atom stereocenters. The fourth-order valence-electron chi connectivity index (χ4n) is 4.88. The minimum atomic E-state index is -0.117. The monoisotopic (exact) mass is 469 g/mol. The van der Waals surface area contributed by atoms with Crippen LogP contribution >= 0.6 is 0 Å². The molecule has 4 heterocycles. The minimum Gasteiger partial charge on any atom is -0.491 e. The Morgan fingerprint density at radius 2 is 2.00 bits per heavy atom. The molecule has 178 valence electrons. The third kappa shape index (κ3) is 4.15. The van der Waals surface area contributed by atoms with Crippen molar-refractivity contribution < 1.29 is 14.3 Å². The molecule has 35 heavy (non-hydrogen) atoms. The van der Waals surface area contributed by atoms with E-state index in [1.54, 1.807) is 13.2 Å². The van der Waals surface area contributed by atoms with Crippen LogP contribution in [0.3, 0.4) is 0 Å². The van der Waals surface area contributed by atoms with E-state index < -0.39 is 0 Å². The van der Waals surface area contributed by atoms with E-state index in [4.69, 9.17) is 9.47 Å². The quantitative estimate of drug-likeness (QED) is 0.465. The summed E-state index contributed by atoms with van der Waals surface area (Å²) in [6.45, 7) is 4.66. The van der Waals surface area contributed by atoms with Crippen LogP contribution in [0.4, 0.5) is 0 Å². The second-order valence-corrected chi connectivity index (χ2v) is 9.01. The fraction of sp³-hybridized carbons (Fsp3) is 0.296. The molecule has 0 spiro atoms. The predicted molar refractivity (Wildman–Crippen MR) is 133 cm³/mol. The highest BCUT2D eigenvalue weighted by molar-refractivity contribution is 5.99. The molecule has 0 fully saturated rings. The van der Waals surface area contributed by atoms with E-state index >= 15 is 0 Å². The van der Waals surface area contributed by atoms with Gasteiger partial charge in [-0.15, -0.1) is 0 Å². The summed E-state index contributed by atoms with van der Waals surface area (Å²) in [5.41, 5.74) is 7.91. The summed E-state index contributed by atoms with van der Waals surface area (Å²) < 4.78 is 11.0. The third-order valence-electron chi connectivity index (χ3n) is 6.80. The lowest BCUT2D eigenvalue weighted by Crippen LogP contribution is -2.33. The van der Waals surface area contributed by atoms with Crippen molar-refractivity contribution in [3.05, 3.63) is 65.4 Å². The van der Waals surface area contributed by atoms with Gasteiger partial charge >= 0.3 is 0 Å². The lowest BCUT2D eigenvalue weighted by atomic mass is 9.94. The number of carbonyl (C=O) groups is 1. The van der Waals surface area contributed by atoms with Crippen molar-refractivity contribution in [2.24, 2.45) is 0 Å². The van der Waals surface area contributed by atoms with Gasteiger partial charge in [-0.1, -0.05) is 24.3 Å². The van der Waals surface area contributed by atoms with Crippen molar-refractivity contribution in [3.8, 4) is 28.1 Å². The van der Waals surface area contributed by atoms with Crippen molar-refractivity contribution in [1.29, 1.82) is 0 Å². The van der Waals surface area contributed by atoms with E-state index in [2.05, 4.69) is 49.7 Å². The summed E-state index contributed by atoms with van der Waals surface area (Å²) >= 11 is 0. The molecular formula is C27H27N5O3. The van der Waals surface area contributed by atoms with Gasteiger partial charge in [-0.2, -0.15) is 5.10 Å². The number of carbonyl (C=O) groups excluding carboxylic acids is 1. The average Bonchev–Trinajstić information content (AvgIpc) is 3.23. The Kier molecular flexibility index (Phi) is 5.67. The number of pyridine rings is 1. The summed E-state index contributed by atoms with van der Waals surface area (Å²) in [6.07, 6.45) is 2.92. The van der Waals surface area contributed by atoms with Gasteiger partial charge in [0.1, 0.15) is 18.1 Å². The zero-order valence-electron chi connectivity index (χ0n) is 19.6. The molecule has 2 aromatic heterocycles. The molecule has 4 aromatic rings. The Bertz CT molecular complexity index is 1410. The SMILES string of the molecule is COCCN1CCc2cc(-c3cnc4[nH]nc(-c5ccc6c(c5)OCCNC6=O)c4c3)ccc2C1. The van der Waals surface area contributed by atoms with Crippen molar-refractivity contribution in [1.82, 2.24) is 25.4 Å². The first-order valence-corrected chi connectivity index (χ1v) is 11.9. The lowest BCUT2D eigenvalue weighted by molar-refractivity contribution is 0.0957. The Morgan fingerprint density at radius 1 is 1.09 bits per heavy atom. The number of hydrogen-bond donors (Lipinski definition) is 2. The molecule has 0 saturated heterocycles. The molecule has 2 aromatic carbocycles. The molecule has 0 atom stereocenters. The first-order valence-electron chi connectivity index (χ1n) is 11.9. The van der Waals surface area contributed by atoms with Crippen LogP contribution < -0.4 is 10.1 Å². The Labute approximate surface area is 203 Å². The summed E-state index contributed by atoms with van der Waals surface area (Å²) in [5, 5.41) is 11.3. The topological polar surface area (TPSA) is 92.4 Å². The fourth-order valence-corrected chi connectivity index (χ4v) is 4.88. The van der Waals surface area contributed by atoms with Crippen LogP contribution in [-0.2, 0) is 17.7 Å². The highest BCUT2D eigenvalue weighted by Crippen LogP contribution is 2.33. The second-order valence-electron chi connectivity index (χ2n) is 9.01. The summed E-state index contributed by atoms with van der Waals surface area (Å²) in [7, 11) is 1.75. The summed E-state index contributed by atoms with van der Waals surface area (Å²) in [5.74, 6) is 0.459. The van der Waals surface area contributed by atoms with E-state index in [0.29, 0.717) is 24.5 Å². The number of hydrogen-bond acceptors (Lipinski definition) is 6. The van der Waals surface area contributed by atoms with E-state index in [9.17, 15) is 4.79 Å². The van der Waals surface area contributed by atoms with Gasteiger partial charge in [-0.05, 0) is 41.3 Å². The standard InChI is InChI=1S/C27H27N5O3/c1-34-11-9-32-8-6-18-12-17(2-3-20(18)16-32)21-13-23-25(30-31-26(23)29-15-21)19-4-5-22-24(14-19)35-10-7-28-27(22)33/h2-5,12-15H,6-11,16H2,1H3,(H,28,33)(H,29,30,31). The number of aromatic amines is 1. The van der Waals surface area contributed by atoms with Gasteiger partial charge in [0.2, 0.25) is 0 Å². The van der Waals surface area contributed by atoms with Crippen LogP contribution in [0.1, 0.15) is 21.5 Å². The highest BCUT2D eigenvalue weighted by atomic mass is 16.5. The third-order valence-corrected chi connectivity index (χ3v) is 6.80. The molecule has 0 aliphatic carbocycles. The van der Waals surface area contributed by atoms with E-state index in [1.807, 2.05) is 18.3 Å². The Morgan fingerprint density at radius 3 is 2.91 bits per heavy atom. The van der Waals surface area contributed by atoms with Gasteiger partial charge in [-0.25, -0.2) is 4.98 Å². The van der Waals surface area contributed by atoms with E-state index in [0.717, 1.165) is 66.1 Å². The summed E-state index contributed by atoms with van der Waals surface area (Å²) in [4.78, 5) is 19.3. The molecule has 8 heteroatoms. The first-order chi connectivity index (χ1) is 17.2. The van der Waals surface area contributed by atoms with Gasteiger partial charge in [-0.3, -0.25) is 14.8 Å². The minimum absolute atomic E-state index is 0.117.